The number of nitrogens with zero attached hydrogens (tertiary/aromatic N) is 3. The smallest absolute Gasteiger partial charge is 0.230 e. The zero-order chi connectivity index (χ0) is 22.1. The second-order valence-electron chi connectivity index (χ2n) is 6.71. The molecule has 3 aromatic rings. The van der Waals surface area contributed by atoms with Gasteiger partial charge in [-0.3, -0.25) is 9.36 Å². The van der Waals surface area contributed by atoms with E-state index >= 15 is 0 Å². The Labute approximate surface area is 191 Å². The first kappa shape index (κ1) is 23.0. The van der Waals surface area contributed by atoms with Gasteiger partial charge in [-0.15, -0.1) is 28.5 Å². The highest BCUT2D eigenvalue weighted by molar-refractivity contribution is 7.99. The van der Waals surface area contributed by atoms with Gasteiger partial charge in [-0.05, 0) is 31.2 Å². The van der Waals surface area contributed by atoms with E-state index in [1.165, 1.54) is 22.2 Å². The van der Waals surface area contributed by atoms with E-state index < -0.39 is 0 Å². The Kier molecular flexibility index (Phi) is 8.61. The van der Waals surface area contributed by atoms with E-state index in [1.807, 2.05) is 28.8 Å². The molecule has 0 atom stereocenters. The molecule has 0 radical (unpaired) electrons. The molecule has 0 aliphatic rings. The lowest BCUT2D eigenvalue weighted by molar-refractivity contribution is -0.118. The molecule has 8 heteroatoms. The van der Waals surface area contributed by atoms with E-state index in [9.17, 15) is 4.79 Å². The number of hydrogen-bond acceptors (Lipinski definition) is 6. The van der Waals surface area contributed by atoms with Gasteiger partial charge >= 0.3 is 0 Å². The molecule has 3 rings (SSSR count). The number of aromatic nitrogens is 3. The number of hydrogen-bond donors (Lipinski definition) is 1. The van der Waals surface area contributed by atoms with Crippen LogP contribution in [0, 0.1) is 6.92 Å². The molecule has 0 aliphatic heterocycles. The van der Waals surface area contributed by atoms with Gasteiger partial charge in [0.05, 0.1) is 18.4 Å². The van der Waals surface area contributed by atoms with Gasteiger partial charge < -0.3 is 10.1 Å². The van der Waals surface area contributed by atoms with Crippen molar-refractivity contribution in [3.8, 4) is 17.1 Å². The maximum atomic E-state index is 12.3. The topological polar surface area (TPSA) is 69.0 Å². The van der Waals surface area contributed by atoms with Crippen molar-refractivity contribution in [3.63, 3.8) is 0 Å². The van der Waals surface area contributed by atoms with Gasteiger partial charge in [0.15, 0.2) is 11.0 Å². The molecule has 1 N–H and O–H groups in total. The van der Waals surface area contributed by atoms with Gasteiger partial charge in [0.25, 0.3) is 0 Å². The van der Waals surface area contributed by atoms with E-state index in [0.717, 1.165) is 17.1 Å². The zero-order valence-electron chi connectivity index (χ0n) is 17.7. The highest BCUT2D eigenvalue weighted by Gasteiger charge is 2.17. The van der Waals surface area contributed by atoms with Crippen LogP contribution in [0.25, 0.3) is 11.4 Å². The van der Waals surface area contributed by atoms with E-state index in [1.54, 1.807) is 24.9 Å². The van der Waals surface area contributed by atoms with Crippen molar-refractivity contribution in [2.24, 2.45) is 0 Å². The Morgan fingerprint density at radius 2 is 1.94 bits per heavy atom. The van der Waals surface area contributed by atoms with Gasteiger partial charge in [-0.25, -0.2) is 0 Å². The summed E-state index contributed by atoms with van der Waals surface area (Å²) in [5, 5.41) is 12.3. The molecular weight excluding hydrogens is 428 g/mol. The molecular formula is C23H26N4O2S2. The van der Waals surface area contributed by atoms with Crippen LogP contribution < -0.4 is 10.1 Å². The fourth-order valence-electron chi connectivity index (χ4n) is 2.89. The summed E-state index contributed by atoms with van der Waals surface area (Å²) < 4.78 is 7.39. The largest absolute Gasteiger partial charge is 0.496 e. The van der Waals surface area contributed by atoms with E-state index in [2.05, 4.69) is 53.3 Å². The second kappa shape index (κ2) is 11.6. The number of methoxy groups -OCH3 is 1. The van der Waals surface area contributed by atoms with Crippen molar-refractivity contribution in [1.29, 1.82) is 0 Å². The van der Waals surface area contributed by atoms with Crippen molar-refractivity contribution >= 4 is 29.4 Å². The summed E-state index contributed by atoms with van der Waals surface area (Å²) >= 11 is 3.09. The molecule has 0 saturated heterocycles. The summed E-state index contributed by atoms with van der Waals surface area (Å²) in [5.74, 6) is 2.48. The standard InChI is InChI=1S/C23H26N4O2S2/c1-4-14-27-22(19-7-5-6-8-20(19)29-3)25-26-23(27)31-16-21(28)24-13-15-30-18-11-9-17(2)10-12-18/h4-12H,1,13-16H2,2-3H3,(H,24,28). The minimum Gasteiger partial charge on any atom is -0.496 e. The third-order valence-corrected chi connectivity index (χ3v) is 6.40. The minimum atomic E-state index is -0.0264. The Morgan fingerprint density at radius 3 is 2.68 bits per heavy atom. The number of carbonyl (C=O) groups excluding carboxylic acids is 1. The van der Waals surface area contributed by atoms with Crippen molar-refractivity contribution in [2.75, 3.05) is 25.2 Å². The molecule has 31 heavy (non-hydrogen) atoms. The normalized spacial score (nSPS) is 10.6. The molecule has 162 valence electrons. The lowest BCUT2D eigenvalue weighted by Crippen LogP contribution is -2.27. The number of amides is 1. The summed E-state index contributed by atoms with van der Waals surface area (Å²) in [6, 6.07) is 16.1. The van der Waals surface area contributed by atoms with Crippen LogP contribution in [-0.2, 0) is 11.3 Å². The lowest BCUT2D eigenvalue weighted by atomic mass is 10.2. The summed E-state index contributed by atoms with van der Waals surface area (Å²) in [6.45, 7) is 7.06. The molecule has 0 unspecified atom stereocenters. The predicted molar refractivity (Wildman–Crippen MR) is 128 cm³/mol. The van der Waals surface area contributed by atoms with Crippen LogP contribution in [0.5, 0.6) is 5.75 Å². The average molecular weight is 455 g/mol. The molecule has 0 aliphatic carbocycles. The summed E-state index contributed by atoms with van der Waals surface area (Å²) in [5.41, 5.74) is 2.09. The fourth-order valence-corrected chi connectivity index (χ4v) is 4.44. The van der Waals surface area contributed by atoms with Gasteiger partial charge in [0, 0.05) is 23.7 Å². The number of nitrogens with one attached hydrogen (secondary N) is 1. The van der Waals surface area contributed by atoms with Crippen LogP contribution >= 0.6 is 23.5 Å². The third kappa shape index (κ3) is 6.38. The van der Waals surface area contributed by atoms with E-state index in [0.29, 0.717) is 24.1 Å². The molecule has 1 aromatic heterocycles. The highest BCUT2D eigenvalue weighted by atomic mass is 32.2. The Bertz CT molecular complexity index is 1020. The van der Waals surface area contributed by atoms with Crippen LogP contribution in [0.3, 0.4) is 0 Å². The molecule has 0 bridgehead atoms. The molecule has 1 amide bonds. The maximum absolute atomic E-state index is 12.3. The van der Waals surface area contributed by atoms with Crippen LogP contribution in [0.2, 0.25) is 0 Å². The monoisotopic (exact) mass is 454 g/mol. The number of rotatable bonds is 11. The van der Waals surface area contributed by atoms with Crippen molar-refractivity contribution in [3.05, 3.63) is 66.7 Å². The molecule has 0 fully saturated rings. The maximum Gasteiger partial charge on any atom is 0.230 e. The first-order chi connectivity index (χ1) is 15.1. The van der Waals surface area contributed by atoms with Crippen LogP contribution in [0.15, 0.2) is 71.2 Å². The van der Waals surface area contributed by atoms with Crippen molar-refractivity contribution < 1.29 is 9.53 Å². The van der Waals surface area contributed by atoms with E-state index in [4.69, 9.17) is 4.74 Å². The molecule has 0 spiro atoms. The number of ether oxygens (including phenoxy) is 1. The van der Waals surface area contributed by atoms with Crippen molar-refractivity contribution in [2.45, 2.75) is 23.5 Å². The summed E-state index contributed by atoms with van der Waals surface area (Å²) in [4.78, 5) is 13.5. The molecule has 0 saturated carbocycles. The zero-order valence-corrected chi connectivity index (χ0v) is 19.3. The van der Waals surface area contributed by atoms with Gasteiger partial charge in [-0.2, -0.15) is 0 Å². The predicted octanol–water partition coefficient (Wildman–Crippen LogP) is 4.45. The van der Waals surface area contributed by atoms with Gasteiger partial charge in [0.2, 0.25) is 5.91 Å². The number of thioether (sulfide) groups is 2. The minimum absolute atomic E-state index is 0.0264. The first-order valence-electron chi connectivity index (χ1n) is 9.89. The number of carbonyl (C=O) groups is 1. The number of allylic oxidation sites excluding steroid dienone is 1. The van der Waals surface area contributed by atoms with Crippen LogP contribution in [0.4, 0.5) is 0 Å². The number of para-hydroxylation sites is 1. The average Bonchev–Trinajstić information content (AvgIpc) is 3.19. The van der Waals surface area contributed by atoms with Gasteiger partial charge in [0.1, 0.15) is 5.75 Å². The molecule has 1 heterocycles. The van der Waals surface area contributed by atoms with E-state index in [-0.39, 0.29) is 11.7 Å². The first-order valence-corrected chi connectivity index (χ1v) is 11.9. The Balaban J connectivity index is 1.54. The quantitative estimate of drug-likeness (QED) is 0.262. The molecule has 2 aromatic carbocycles. The molecule has 6 nitrogen and oxygen atoms in total. The number of aryl methyl sites for hydroxylation is 1. The Morgan fingerprint density at radius 1 is 1.16 bits per heavy atom. The fraction of sp³-hybridized carbons (Fsp3) is 0.261. The van der Waals surface area contributed by atoms with Crippen LogP contribution in [0.1, 0.15) is 5.56 Å². The summed E-state index contributed by atoms with van der Waals surface area (Å²) in [7, 11) is 1.63. The second-order valence-corrected chi connectivity index (χ2v) is 8.82. The lowest BCUT2D eigenvalue weighted by Gasteiger charge is -2.10. The SMILES string of the molecule is C=CCn1c(SCC(=O)NCCSc2ccc(C)cc2)nnc1-c1ccccc1OC. The highest BCUT2D eigenvalue weighted by Crippen LogP contribution is 2.30. The third-order valence-electron chi connectivity index (χ3n) is 4.42. The Hall–Kier alpha value is -2.71. The van der Waals surface area contributed by atoms with Crippen LogP contribution in [-0.4, -0.2) is 45.8 Å². The van der Waals surface area contributed by atoms with Gasteiger partial charge in [-0.1, -0.05) is 47.7 Å². The number of benzene rings is 2. The summed E-state index contributed by atoms with van der Waals surface area (Å²) in [6.07, 6.45) is 1.79. The van der Waals surface area contributed by atoms with Crippen molar-refractivity contribution in [1.82, 2.24) is 20.1 Å².